The summed E-state index contributed by atoms with van der Waals surface area (Å²) in [5.74, 6) is -0.366. The average molecular weight is 207 g/mol. The smallest absolute Gasteiger partial charge is 0.241 e. The van der Waals surface area contributed by atoms with Crippen molar-refractivity contribution in [3.05, 3.63) is 12.2 Å². The molecule has 0 atom stereocenters. The van der Waals surface area contributed by atoms with Crippen molar-refractivity contribution in [2.24, 2.45) is 5.73 Å². The predicted molar refractivity (Wildman–Crippen MR) is 57.9 cm³/mol. The summed E-state index contributed by atoms with van der Waals surface area (Å²) in [6.45, 7) is 1.04. The minimum atomic E-state index is -0.366. The molecule has 0 aliphatic heterocycles. The van der Waals surface area contributed by atoms with Crippen LogP contribution in [0.4, 0.5) is 0 Å². The molecule has 0 saturated heterocycles. The Morgan fingerprint density at radius 3 is 2.38 bits per heavy atom. The molecule has 0 rings (SSSR count). The number of halogens is 1. The summed E-state index contributed by atoms with van der Waals surface area (Å²) in [7, 11) is 4.05. The van der Waals surface area contributed by atoms with Gasteiger partial charge >= 0.3 is 0 Å². The van der Waals surface area contributed by atoms with Crippen LogP contribution in [0, 0.1) is 0 Å². The van der Waals surface area contributed by atoms with E-state index in [1.54, 1.807) is 0 Å². The topological polar surface area (TPSA) is 46.3 Å². The highest BCUT2D eigenvalue weighted by Crippen LogP contribution is 1.91. The second-order valence-electron chi connectivity index (χ2n) is 2.75. The number of carbonyl (C=O) groups is 1. The third kappa shape index (κ3) is 18.4. The minimum Gasteiger partial charge on any atom is -0.366 e. The van der Waals surface area contributed by atoms with Crippen LogP contribution in [0.1, 0.15) is 12.8 Å². The standard InChI is InChI=1S/C8H16N2O.CH3Cl/c1-10(2)7-5-3-4-6-8(9)11;1-2/h4,6H,3,5,7H2,1-2H3,(H2,9,11);1H3. The molecule has 0 fully saturated rings. The van der Waals surface area contributed by atoms with Crippen molar-refractivity contribution in [3.8, 4) is 0 Å². The van der Waals surface area contributed by atoms with Gasteiger partial charge in [-0.1, -0.05) is 6.08 Å². The van der Waals surface area contributed by atoms with Gasteiger partial charge in [0.05, 0.1) is 0 Å². The van der Waals surface area contributed by atoms with Crippen molar-refractivity contribution >= 4 is 17.5 Å². The number of amides is 1. The Bertz CT molecular complexity index is 147. The maximum Gasteiger partial charge on any atom is 0.241 e. The van der Waals surface area contributed by atoms with Gasteiger partial charge in [-0.2, -0.15) is 0 Å². The van der Waals surface area contributed by atoms with E-state index in [0.717, 1.165) is 19.4 Å². The first kappa shape index (κ1) is 15.0. The summed E-state index contributed by atoms with van der Waals surface area (Å²) in [4.78, 5) is 12.3. The monoisotopic (exact) mass is 206 g/mol. The van der Waals surface area contributed by atoms with E-state index in [1.807, 2.05) is 20.2 Å². The number of nitrogens with two attached hydrogens (primary N) is 1. The highest BCUT2D eigenvalue weighted by molar-refractivity contribution is 6.15. The normalized spacial score (nSPS) is 9.92. The van der Waals surface area contributed by atoms with E-state index in [0.29, 0.717) is 0 Å². The van der Waals surface area contributed by atoms with Crippen LogP contribution in [-0.4, -0.2) is 37.8 Å². The molecule has 0 aromatic carbocycles. The summed E-state index contributed by atoms with van der Waals surface area (Å²) < 4.78 is 0. The van der Waals surface area contributed by atoms with Crippen LogP contribution in [0.15, 0.2) is 12.2 Å². The lowest BCUT2D eigenvalue weighted by Crippen LogP contribution is -2.12. The van der Waals surface area contributed by atoms with Crippen LogP contribution in [0.25, 0.3) is 0 Å². The number of carbonyl (C=O) groups excluding carboxylic acids is 1. The Balaban J connectivity index is 0. The molecule has 0 unspecified atom stereocenters. The van der Waals surface area contributed by atoms with E-state index in [-0.39, 0.29) is 5.91 Å². The number of primary amides is 1. The lowest BCUT2D eigenvalue weighted by molar-refractivity contribution is -0.113. The molecule has 0 saturated carbocycles. The Morgan fingerprint density at radius 2 is 2.00 bits per heavy atom. The molecule has 1 amide bonds. The van der Waals surface area contributed by atoms with Crippen molar-refractivity contribution in [1.29, 1.82) is 0 Å². The zero-order valence-electron chi connectivity index (χ0n) is 8.59. The van der Waals surface area contributed by atoms with Gasteiger partial charge in [0.15, 0.2) is 0 Å². The van der Waals surface area contributed by atoms with Gasteiger partial charge in [0, 0.05) is 6.38 Å². The van der Waals surface area contributed by atoms with Gasteiger partial charge < -0.3 is 10.6 Å². The van der Waals surface area contributed by atoms with E-state index < -0.39 is 0 Å². The molecule has 0 heterocycles. The molecule has 3 nitrogen and oxygen atoms in total. The number of allylic oxidation sites excluding steroid dienone is 1. The zero-order chi connectivity index (χ0) is 10.7. The van der Waals surface area contributed by atoms with Gasteiger partial charge in [-0.15, -0.1) is 11.6 Å². The number of rotatable bonds is 5. The Labute approximate surface area is 85.5 Å². The molecule has 78 valence electrons. The number of hydrogen-bond donors (Lipinski definition) is 1. The van der Waals surface area contributed by atoms with Crippen molar-refractivity contribution in [1.82, 2.24) is 4.90 Å². The number of hydrogen-bond acceptors (Lipinski definition) is 2. The van der Waals surface area contributed by atoms with Gasteiger partial charge in [0.2, 0.25) is 5.91 Å². The third-order valence-electron chi connectivity index (χ3n) is 1.26. The summed E-state index contributed by atoms with van der Waals surface area (Å²) >= 11 is 4.64. The van der Waals surface area contributed by atoms with Crippen molar-refractivity contribution in [2.75, 3.05) is 27.0 Å². The predicted octanol–water partition coefficient (Wildman–Crippen LogP) is 1.22. The summed E-state index contributed by atoms with van der Waals surface area (Å²) in [6, 6.07) is 0. The van der Waals surface area contributed by atoms with E-state index in [2.05, 4.69) is 16.5 Å². The summed E-state index contributed by atoms with van der Waals surface area (Å²) in [6.07, 6.45) is 6.68. The van der Waals surface area contributed by atoms with Crippen LogP contribution in [0.3, 0.4) is 0 Å². The van der Waals surface area contributed by atoms with Crippen LogP contribution < -0.4 is 5.73 Å². The van der Waals surface area contributed by atoms with Crippen molar-refractivity contribution in [2.45, 2.75) is 12.8 Å². The molecule has 0 spiro atoms. The van der Waals surface area contributed by atoms with Gasteiger partial charge in [-0.25, -0.2) is 0 Å². The van der Waals surface area contributed by atoms with Crippen LogP contribution in [0.5, 0.6) is 0 Å². The highest BCUT2D eigenvalue weighted by atomic mass is 35.5. The first-order valence-electron chi connectivity index (χ1n) is 4.11. The fraction of sp³-hybridized carbons (Fsp3) is 0.667. The minimum absolute atomic E-state index is 0.366. The van der Waals surface area contributed by atoms with Gasteiger partial charge in [0.1, 0.15) is 0 Å². The summed E-state index contributed by atoms with van der Waals surface area (Å²) in [5, 5.41) is 0. The molecular weight excluding hydrogens is 188 g/mol. The number of alkyl halides is 1. The maximum atomic E-state index is 10.2. The lowest BCUT2D eigenvalue weighted by atomic mass is 10.3. The van der Waals surface area contributed by atoms with Gasteiger partial charge in [0.25, 0.3) is 0 Å². The van der Waals surface area contributed by atoms with Crippen molar-refractivity contribution in [3.63, 3.8) is 0 Å². The lowest BCUT2D eigenvalue weighted by Gasteiger charge is -2.06. The van der Waals surface area contributed by atoms with Crippen molar-refractivity contribution < 1.29 is 4.79 Å². The second-order valence-corrected chi connectivity index (χ2v) is 2.75. The largest absolute Gasteiger partial charge is 0.366 e. The molecule has 0 bridgehead atoms. The Morgan fingerprint density at radius 1 is 1.46 bits per heavy atom. The molecule has 13 heavy (non-hydrogen) atoms. The number of nitrogens with zero attached hydrogens (tertiary/aromatic N) is 1. The first-order chi connectivity index (χ1) is 6.13. The third-order valence-corrected chi connectivity index (χ3v) is 1.26. The molecule has 0 aromatic rings. The Hall–Kier alpha value is -0.540. The van der Waals surface area contributed by atoms with E-state index in [4.69, 9.17) is 5.73 Å². The SMILES string of the molecule is CCl.CN(C)CCCC=CC(N)=O. The van der Waals surface area contributed by atoms with E-state index >= 15 is 0 Å². The van der Waals surface area contributed by atoms with E-state index in [9.17, 15) is 4.79 Å². The first-order valence-corrected chi connectivity index (χ1v) is 4.87. The molecule has 2 N–H and O–H groups in total. The molecule has 0 radical (unpaired) electrons. The zero-order valence-corrected chi connectivity index (χ0v) is 9.34. The molecule has 4 heteroatoms. The summed E-state index contributed by atoms with van der Waals surface area (Å²) in [5.41, 5.74) is 4.90. The fourth-order valence-corrected chi connectivity index (χ4v) is 0.725. The highest BCUT2D eigenvalue weighted by Gasteiger charge is 1.87. The Kier molecular flexibility index (Phi) is 13.2. The fourth-order valence-electron chi connectivity index (χ4n) is 0.725. The number of unbranched alkanes of at least 4 members (excludes halogenated alkanes) is 1. The van der Waals surface area contributed by atoms with Crippen LogP contribution >= 0.6 is 11.6 Å². The second kappa shape index (κ2) is 11.5. The van der Waals surface area contributed by atoms with Gasteiger partial charge in [-0.3, -0.25) is 4.79 Å². The maximum absolute atomic E-state index is 10.2. The van der Waals surface area contributed by atoms with E-state index in [1.165, 1.54) is 12.5 Å². The molecule has 0 aromatic heterocycles. The van der Waals surface area contributed by atoms with Crippen LogP contribution in [-0.2, 0) is 4.79 Å². The average Bonchev–Trinajstić information content (AvgIpc) is 2.06. The van der Waals surface area contributed by atoms with Gasteiger partial charge in [-0.05, 0) is 39.6 Å². The molecule has 0 aliphatic rings. The van der Waals surface area contributed by atoms with Crippen LogP contribution in [0.2, 0.25) is 0 Å². The quantitative estimate of drug-likeness (QED) is 0.418. The molecule has 0 aliphatic carbocycles. The molecular formula is C9H19ClN2O.